The van der Waals surface area contributed by atoms with Crippen molar-refractivity contribution in [1.82, 2.24) is 10.6 Å². The van der Waals surface area contributed by atoms with E-state index in [1.807, 2.05) is 6.07 Å². The van der Waals surface area contributed by atoms with Gasteiger partial charge in [0.25, 0.3) is 0 Å². The van der Waals surface area contributed by atoms with E-state index >= 15 is 0 Å². The van der Waals surface area contributed by atoms with E-state index in [1.165, 1.54) is 6.07 Å². The van der Waals surface area contributed by atoms with Crippen LogP contribution in [0.2, 0.25) is 0 Å². The number of carbonyl (C=O) groups is 1. The zero-order valence-electron chi connectivity index (χ0n) is 9.22. The maximum absolute atomic E-state index is 13.2. The van der Waals surface area contributed by atoms with Crippen LogP contribution in [0.25, 0.3) is 0 Å². The number of urea groups is 1. The third kappa shape index (κ3) is 4.27. The first-order valence-corrected chi connectivity index (χ1v) is 5.08. The van der Waals surface area contributed by atoms with Gasteiger partial charge in [-0.1, -0.05) is 12.1 Å². The maximum atomic E-state index is 13.2. The van der Waals surface area contributed by atoms with E-state index in [-0.39, 0.29) is 5.82 Å². The Balaban J connectivity index is 2.27. The van der Waals surface area contributed by atoms with Crippen molar-refractivity contribution in [2.75, 3.05) is 13.1 Å². The first kappa shape index (κ1) is 12.4. The summed E-state index contributed by atoms with van der Waals surface area (Å²) >= 11 is 0. The lowest BCUT2D eigenvalue weighted by Gasteiger charge is -2.06. The summed E-state index contributed by atoms with van der Waals surface area (Å²) in [5, 5.41) is 5.52. The van der Waals surface area contributed by atoms with Gasteiger partial charge in [-0.25, -0.2) is 9.18 Å². The van der Waals surface area contributed by atoms with Gasteiger partial charge in [-0.2, -0.15) is 0 Å². The zero-order chi connectivity index (χ0) is 12.0. The Bertz CT molecular complexity index is 368. The SMILES string of the molecule is Cc1ccc(CNCCNC(N)=O)cc1F. The molecule has 88 valence electrons. The first-order valence-electron chi connectivity index (χ1n) is 5.08. The minimum atomic E-state index is -0.539. The number of benzene rings is 1. The predicted molar refractivity (Wildman–Crippen MR) is 60.4 cm³/mol. The standard InChI is InChI=1S/C11H16FN3O/c1-8-2-3-9(6-10(8)12)7-14-4-5-15-11(13)16/h2-3,6,14H,4-5,7H2,1H3,(H3,13,15,16). The molecule has 2 amide bonds. The summed E-state index contributed by atoms with van der Waals surface area (Å²) in [5.41, 5.74) is 6.41. The van der Waals surface area contributed by atoms with Crippen molar-refractivity contribution in [3.8, 4) is 0 Å². The van der Waals surface area contributed by atoms with Crippen molar-refractivity contribution in [3.05, 3.63) is 35.1 Å². The zero-order valence-corrected chi connectivity index (χ0v) is 9.22. The second-order valence-electron chi connectivity index (χ2n) is 3.55. The summed E-state index contributed by atoms with van der Waals surface area (Å²) in [5.74, 6) is -0.199. The van der Waals surface area contributed by atoms with E-state index in [2.05, 4.69) is 10.6 Å². The number of amides is 2. The lowest BCUT2D eigenvalue weighted by molar-refractivity contribution is 0.249. The van der Waals surface area contributed by atoms with Crippen LogP contribution in [0.3, 0.4) is 0 Å². The summed E-state index contributed by atoms with van der Waals surface area (Å²) < 4.78 is 13.2. The number of halogens is 1. The Hall–Kier alpha value is -1.62. The molecule has 0 fully saturated rings. The van der Waals surface area contributed by atoms with Gasteiger partial charge in [0.15, 0.2) is 0 Å². The summed E-state index contributed by atoms with van der Waals surface area (Å²) in [4.78, 5) is 10.3. The summed E-state index contributed by atoms with van der Waals surface area (Å²) in [6.45, 7) is 3.35. The number of hydrogen-bond acceptors (Lipinski definition) is 2. The average molecular weight is 225 g/mol. The van der Waals surface area contributed by atoms with Gasteiger partial charge in [-0.15, -0.1) is 0 Å². The van der Waals surface area contributed by atoms with Crippen LogP contribution in [0.5, 0.6) is 0 Å². The lowest BCUT2D eigenvalue weighted by Crippen LogP contribution is -2.35. The van der Waals surface area contributed by atoms with E-state index in [9.17, 15) is 9.18 Å². The minimum absolute atomic E-state index is 0.199. The Morgan fingerprint density at radius 3 is 2.81 bits per heavy atom. The van der Waals surface area contributed by atoms with Crippen LogP contribution < -0.4 is 16.4 Å². The van der Waals surface area contributed by atoms with Crippen LogP contribution in [-0.4, -0.2) is 19.1 Å². The fraction of sp³-hybridized carbons (Fsp3) is 0.364. The smallest absolute Gasteiger partial charge is 0.312 e. The number of nitrogens with one attached hydrogen (secondary N) is 2. The maximum Gasteiger partial charge on any atom is 0.312 e. The van der Waals surface area contributed by atoms with E-state index in [4.69, 9.17) is 5.73 Å². The number of hydrogen-bond donors (Lipinski definition) is 3. The van der Waals surface area contributed by atoms with E-state index in [1.54, 1.807) is 13.0 Å². The molecule has 0 bridgehead atoms. The monoisotopic (exact) mass is 225 g/mol. The van der Waals surface area contributed by atoms with E-state index < -0.39 is 6.03 Å². The second kappa shape index (κ2) is 6.07. The molecule has 4 nitrogen and oxygen atoms in total. The van der Waals surface area contributed by atoms with Gasteiger partial charge in [-0.3, -0.25) is 0 Å². The van der Waals surface area contributed by atoms with Crippen molar-refractivity contribution >= 4 is 6.03 Å². The van der Waals surface area contributed by atoms with Crippen LogP contribution in [0.15, 0.2) is 18.2 Å². The van der Waals surface area contributed by atoms with E-state index in [0.29, 0.717) is 25.2 Å². The predicted octanol–water partition coefficient (Wildman–Crippen LogP) is 0.892. The van der Waals surface area contributed by atoms with Crippen LogP contribution >= 0.6 is 0 Å². The molecule has 4 N–H and O–H groups in total. The number of nitrogens with two attached hydrogens (primary N) is 1. The summed E-state index contributed by atoms with van der Waals surface area (Å²) in [6.07, 6.45) is 0. The highest BCUT2D eigenvalue weighted by molar-refractivity contribution is 5.71. The Labute approximate surface area is 94.0 Å². The van der Waals surface area contributed by atoms with Crippen molar-refractivity contribution in [1.29, 1.82) is 0 Å². The summed E-state index contributed by atoms with van der Waals surface area (Å²) in [6, 6.07) is 4.58. The number of aryl methyl sites for hydroxylation is 1. The molecule has 0 radical (unpaired) electrons. The van der Waals surface area contributed by atoms with Crippen LogP contribution in [0.1, 0.15) is 11.1 Å². The molecule has 0 aliphatic heterocycles. The van der Waals surface area contributed by atoms with Crippen molar-refractivity contribution < 1.29 is 9.18 Å². The topological polar surface area (TPSA) is 67.2 Å². The normalized spacial score (nSPS) is 10.1. The van der Waals surface area contributed by atoms with Crippen LogP contribution in [-0.2, 0) is 6.54 Å². The highest BCUT2D eigenvalue weighted by Gasteiger charge is 1.98. The molecule has 16 heavy (non-hydrogen) atoms. The Morgan fingerprint density at radius 2 is 2.19 bits per heavy atom. The highest BCUT2D eigenvalue weighted by atomic mass is 19.1. The summed E-state index contributed by atoms with van der Waals surface area (Å²) in [7, 11) is 0. The van der Waals surface area contributed by atoms with Gasteiger partial charge in [-0.05, 0) is 24.1 Å². The molecular weight excluding hydrogens is 209 g/mol. The van der Waals surface area contributed by atoms with Crippen molar-refractivity contribution in [2.24, 2.45) is 5.73 Å². The second-order valence-corrected chi connectivity index (χ2v) is 3.55. The van der Waals surface area contributed by atoms with E-state index in [0.717, 1.165) is 5.56 Å². The Morgan fingerprint density at radius 1 is 1.44 bits per heavy atom. The molecule has 5 heteroatoms. The molecule has 0 unspecified atom stereocenters. The molecule has 0 heterocycles. The van der Waals surface area contributed by atoms with Crippen LogP contribution in [0, 0.1) is 12.7 Å². The molecule has 0 saturated heterocycles. The molecule has 1 rings (SSSR count). The molecule has 0 spiro atoms. The minimum Gasteiger partial charge on any atom is -0.352 e. The van der Waals surface area contributed by atoms with Gasteiger partial charge in [0.2, 0.25) is 0 Å². The van der Waals surface area contributed by atoms with Gasteiger partial charge < -0.3 is 16.4 Å². The highest BCUT2D eigenvalue weighted by Crippen LogP contribution is 2.08. The number of carbonyl (C=O) groups excluding carboxylic acids is 1. The van der Waals surface area contributed by atoms with Crippen LogP contribution in [0.4, 0.5) is 9.18 Å². The lowest BCUT2D eigenvalue weighted by atomic mass is 10.1. The molecule has 1 aromatic rings. The molecule has 0 aromatic heterocycles. The fourth-order valence-corrected chi connectivity index (χ4v) is 1.25. The van der Waals surface area contributed by atoms with Gasteiger partial charge >= 0.3 is 6.03 Å². The molecule has 0 saturated carbocycles. The largest absolute Gasteiger partial charge is 0.352 e. The van der Waals surface area contributed by atoms with Crippen molar-refractivity contribution in [2.45, 2.75) is 13.5 Å². The van der Waals surface area contributed by atoms with Gasteiger partial charge in [0.05, 0.1) is 0 Å². The molecular formula is C11H16FN3O. The van der Waals surface area contributed by atoms with Crippen molar-refractivity contribution in [3.63, 3.8) is 0 Å². The van der Waals surface area contributed by atoms with Gasteiger partial charge in [0.1, 0.15) is 5.82 Å². The molecule has 1 aromatic carbocycles. The fourth-order valence-electron chi connectivity index (χ4n) is 1.25. The number of primary amides is 1. The average Bonchev–Trinajstić information content (AvgIpc) is 2.22. The van der Waals surface area contributed by atoms with Gasteiger partial charge in [0, 0.05) is 19.6 Å². The third-order valence-corrected chi connectivity index (χ3v) is 2.17. The molecule has 0 aliphatic rings. The number of rotatable bonds is 5. The Kier molecular flexibility index (Phi) is 4.72. The molecule has 0 atom stereocenters. The third-order valence-electron chi connectivity index (χ3n) is 2.17. The molecule has 0 aliphatic carbocycles. The first-order chi connectivity index (χ1) is 7.59. The quantitative estimate of drug-likeness (QED) is 0.651.